The average Bonchev–Trinajstić information content (AvgIpc) is 2.79. The van der Waals surface area contributed by atoms with E-state index in [2.05, 4.69) is 5.32 Å². The molecule has 0 spiro atoms. The quantitative estimate of drug-likeness (QED) is 0.910. The second-order valence-corrected chi connectivity index (χ2v) is 6.83. The number of nitrogens with one attached hydrogen (secondary N) is 1. The molecule has 0 saturated carbocycles. The fourth-order valence-electron chi connectivity index (χ4n) is 2.41. The lowest BCUT2D eigenvalue weighted by Crippen LogP contribution is -2.31. The maximum Gasteiger partial charge on any atom is 0.414 e. The lowest BCUT2D eigenvalue weighted by Gasteiger charge is -2.17. The number of carbonyl (C=O) groups is 2. The van der Waals surface area contributed by atoms with Crippen LogP contribution in [-0.4, -0.2) is 31.2 Å². The first kappa shape index (κ1) is 16.3. The predicted molar refractivity (Wildman–Crippen MR) is 85.8 cm³/mol. The van der Waals surface area contributed by atoms with Crippen molar-refractivity contribution in [2.45, 2.75) is 39.7 Å². The van der Waals surface area contributed by atoms with Crippen LogP contribution in [-0.2, 0) is 9.53 Å². The molecule has 1 heterocycles. The Balaban J connectivity index is 1.77. The highest BCUT2D eigenvalue weighted by Crippen LogP contribution is 2.22. The summed E-state index contributed by atoms with van der Waals surface area (Å²) in [5.74, 6) is 0.0386. The van der Waals surface area contributed by atoms with Crippen LogP contribution in [0.1, 0.15) is 33.6 Å². The van der Waals surface area contributed by atoms with E-state index in [1.807, 2.05) is 51.1 Å². The van der Waals surface area contributed by atoms with Crippen molar-refractivity contribution >= 4 is 17.7 Å². The Morgan fingerprint density at radius 3 is 2.64 bits per heavy atom. The number of hydrogen-bond acceptors (Lipinski definition) is 3. The van der Waals surface area contributed by atoms with Gasteiger partial charge in [0.15, 0.2) is 0 Å². The van der Waals surface area contributed by atoms with E-state index < -0.39 is 0 Å². The van der Waals surface area contributed by atoms with Crippen molar-refractivity contribution in [1.82, 2.24) is 5.32 Å². The normalized spacial score (nSPS) is 18.2. The van der Waals surface area contributed by atoms with Crippen LogP contribution in [0.5, 0.6) is 0 Å². The second kappa shape index (κ2) is 6.81. The van der Waals surface area contributed by atoms with Gasteiger partial charge in [0.25, 0.3) is 0 Å². The average molecular weight is 304 g/mol. The first-order valence-corrected chi connectivity index (χ1v) is 7.65. The molecule has 1 aromatic rings. The topological polar surface area (TPSA) is 58.6 Å². The Bertz CT molecular complexity index is 522. The summed E-state index contributed by atoms with van der Waals surface area (Å²) in [5.41, 5.74) is 0.820. The number of amides is 2. The molecule has 1 aliphatic heterocycles. The molecule has 1 aromatic carbocycles. The van der Waals surface area contributed by atoms with Gasteiger partial charge in [-0.05, 0) is 17.5 Å². The molecule has 2 rings (SSSR count). The van der Waals surface area contributed by atoms with Gasteiger partial charge >= 0.3 is 6.09 Å². The van der Waals surface area contributed by atoms with Crippen molar-refractivity contribution in [3.05, 3.63) is 30.3 Å². The Hall–Kier alpha value is -2.04. The van der Waals surface area contributed by atoms with Gasteiger partial charge in [0.1, 0.15) is 6.10 Å². The molecule has 1 fully saturated rings. The third-order valence-corrected chi connectivity index (χ3v) is 3.42. The number of rotatable bonds is 5. The van der Waals surface area contributed by atoms with E-state index in [1.54, 1.807) is 4.90 Å². The van der Waals surface area contributed by atoms with Gasteiger partial charge in [0, 0.05) is 25.1 Å². The van der Waals surface area contributed by atoms with Crippen LogP contribution in [0.15, 0.2) is 30.3 Å². The minimum Gasteiger partial charge on any atom is -0.444 e. The number of benzene rings is 1. The van der Waals surface area contributed by atoms with Crippen molar-refractivity contribution in [1.29, 1.82) is 0 Å². The van der Waals surface area contributed by atoms with Crippen molar-refractivity contribution in [3.8, 4) is 0 Å². The van der Waals surface area contributed by atoms with E-state index >= 15 is 0 Å². The molecule has 0 radical (unpaired) electrons. The van der Waals surface area contributed by atoms with E-state index in [4.69, 9.17) is 4.74 Å². The monoisotopic (exact) mass is 304 g/mol. The van der Waals surface area contributed by atoms with Gasteiger partial charge in [0.2, 0.25) is 5.91 Å². The number of anilines is 1. The van der Waals surface area contributed by atoms with Crippen LogP contribution in [0.3, 0.4) is 0 Å². The van der Waals surface area contributed by atoms with Crippen LogP contribution < -0.4 is 10.2 Å². The summed E-state index contributed by atoms with van der Waals surface area (Å²) in [4.78, 5) is 25.3. The van der Waals surface area contributed by atoms with E-state index in [1.165, 1.54) is 0 Å². The molecule has 1 unspecified atom stereocenters. The summed E-state index contributed by atoms with van der Waals surface area (Å²) < 4.78 is 5.35. The van der Waals surface area contributed by atoms with Gasteiger partial charge in [-0.25, -0.2) is 4.79 Å². The van der Waals surface area contributed by atoms with Crippen LogP contribution in [0, 0.1) is 5.41 Å². The summed E-state index contributed by atoms with van der Waals surface area (Å²) in [7, 11) is 0. The molecule has 1 N–H and O–H groups in total. The van der Waals surface area contributed by atoms with Crippen molar-refractivity contribution in [2.24, 2.45) is 5.41 Å². The Morgan fingerprint density at radius 2 is 2.00 bits per heavy atom. The summed E-state index contributed by atoms with van der Waals surface area (Å²) in [5, 5.41) is 2.89. The van der Waals surface area contributed by atoms with Crippen molar-refractivity contribution < 1.29 is 14.3 Å². The Kier molecular flexibility index (Phi) is 5.06. The highest BCUT2D eigenvalue weighted by Gasteiger charge is 2.31. The van der Waals surface area contributed by atoms with Gasteiger partial charge in [-0.3, -0.25) is 9.69 Å². The third kappa shape index (κ3) is 4.76. The molecule has 2 amide bonds. The van der Waals surface area contributed by atoms with Gasteiger partial charge in [-0.2, -0.15) is 0 Å². The minimum absolute atomic E-state index is 0.0198. The van der Waals surface area contributed by atoms with Gasteiger partial charge in [-0.15, -0.1) is 0 Å². The first-order valence-electron chi connectivity index (χ1n) is 7.65. The van der Waals surface area contributed by atoms with Crippen LogP contribution >= 0.6 is 0 Å². The summed E-state index contributed by atoms with van der Waals surface area (Å²) in [6.45, 7) is 7.14. The standard InChI is InChI=1S/C17H24N2O3/c1-17(2,3)11-15(20)18-10-9-14-12-19(16(21)22-14)13-7-5-4-6-8-13/h4-8,14H,9-12H2,1-3H3,(H,18,20). The van der Waals surface area contributed by atoms with Crippen LogP contribution in [0.4, 0.5) is 10.5 Å². The molecule has 0 aliphatic carbocycles. The maximum atomic E-state index is 11.9. The lowest BCUT2D eigenvalue weighted by molar-refractivity contribution is -0.122. The van der Waals surface area contributed by atoms with E-state index in [0.717, 1.165) is 5.69 Å². The highest BCUT2D eigenvalue weighted by molar-refractivity contribution is 5.89. The SMILES string of the molecule is CC(C)(C)CC(=O)NCCC1CN(c2ccccc2)C(=O)O1. The fraction of sp³-hybridized carbons (Fsp3) is 0.529. The fourth-order valence-corrected chi connectivity index (χ4v) is 2.41. The molecule has 1 atom stereocenters. The van der Waals surface area contributed by atoms with Gasteiger partial charge < -0.3 is 10.1 Å². The zero-order valence-corrected chi connectivity index (χ0v) is 13.5. The first-order chi connectivity index (χ1) is 10.3. The summed E-state index contributed by atoms with van der Waals surface area (Å²) in [6, 6.07) is 9.46. The molecule has 120 valence electrons. The third-order valence-electron chi connectivity index (χ3n) is 3.42. The van der Waals surface area contributed by atoms with E-state index in [9.17, 15) is 9.59 Å². The number of hydrogen-bond donors (Lipinski definition) is 1. The zero-order valence-electron chi connectivity index (χ0n) is 13.5. The smallest absolute Gasteiger partial charge is 0.414 e. The highest BCUT2D eigenvalue weighted by atomic mass is 16.6. The number of nitrogens with zero attached hydrogens (tertiary/aromatic N) is 1. The molecule has 5 nitrogen and oxygen atoms in total. The van der Waals surface area contributed by atoms with Crippen LogP contribution in [0.25, 0.3) is 0 Å². The molecule has 0 aromatic heterocycles. The molecule has 5 heteroatoms. The van der Waals surface area contributed by atoms with Gasteiger partial charge in [-0.1, -0.05) is 39.0 Å². The largest absolute Gasteiger partial charge is 0.444 e. The Morgan fingerprint density at radius 1 is 1.32 bits per heavy atom. The molecule has 1 saturated heterocycles. The van der Waals surface area contributed by atoms with Crippen molar-refractivity contribution in [2.75, 3.05) is 18.0 Å². The number of carbonyl (C=O) groups excluding carboxylic acids is 2. The molecular formula is C17H24N2O3. The minimum atomic E-state index is -0.322. The molecule has 22 heavy (non-hydrogen) atoms. The number of para-hydroxylation sites is 1. The molecule has 1 aliphatic rings. The molecule has 0 bridgehead atoms. The maximum absolute atomic E-state index is 11.9. The lowest BCUT2D eigenvalue weighted by atomic mass is 9.92. The zero-order chi connectivity index (χ0) is 16.2. The second-order valence-electron chi connectivity index (χ2n) is 6.83. The summed E-state index contributed by atoms with van der Waals surface area (Å²) in [6.07, 6.45) is 0.623. The molecular weight excluding hydrogens is 280 g/mol. The van der Waals surface area contributed by atoms with E-state index in [-0.39, 0.29) is 23.5 Å². The predicted octanol–water partition coefficient (Wildman–Crippen LogP) is 2.95. The number of ether oxygens (including phenoxy) is 1. The van der Waals surface area contributed by atoms with Gasteiger partial charge in [0.05, 0.1) is 6.54 Å². The summed E-state index contributed by atoms with van der Waals surface area (Å²) >= 11 is 0. The van der Waals surface area contributed by atoms with Crippen LogP contribution in [0.2, 0.25) is 0 Å². The van der Waals surface area contributed by atoms with Crippen molar-refractivity contribution in [3.63, 3.8) is 0 Å². The number of cyclic esters (lactones) is 1. The Labute approximate surface area is 131 Å². The van der Waals surface area contributed by atoms with E-state index in [0.29, 0.717) is 25.9 Å².